The lowest BCUT2D eigenvalue weighted by molar-refractivity contribution is 0.318. The van der Waals surface area contributed by atoms with Crippen LogP contribution in [0.4, 0.5) is 0 Å². The Labute approximate surface area is 221 Å². The van der Waals surface area contributed by atoms with E-state index in [4.69, 9.17) is 9.72 Å². The Kier molecular flexibility index (Phi) is 7.28. The summed E-state index contributed by atoms with van der Waals surface area (Å²) in [5, 5.41) is 7.73. The first kappa shape index (κ1) is 26.0. The number of benzene rings is 1. The Morgan fingerprint density at radius 2 is 1.87 bits per heavy atom. The molecule has 0 bridgehead atoms. The van der Waals surface area contributed by atoms with Gasteiger partial charge in [0, 0.05) is 39.4 Å². The largest absolute Gasteiger partial charge is 0.493 e. The molecular formula is C26H31N7O4S. The third-order valence-corrected chi connectivity index (χ3v) is 8.46. The maximum Gasteiger partial charge on any atom is 0.281 e. The molecule has 200 valence electrons. The van der Waals surface area contributed by atoms with Gasteiger partial charge >= 0.3 is 0 Å². The monoisotopic (exact) mass is 537 g/mol. The van der Waals surface area contributed by atoms with Gasteiger partial charge in [0.15, 0.2) is 11.3 Å². The number of aryl methyl sites for hydroxylation is 1. The van der Waals surface area contributed by atoms with E-state index < -0.39 is 10.0 Å². The number of aromatic nitrogens is 5. The smallest absolute Gasteiger partial charge is 0.281 e. The second-order valence-corrected chi connectivity index (χ2v) is 11.0. The number of piperazine rings is 1. The number of pyridine rings is 1. The summed E-state index contributed by atoms with van der Waals surface area (Å²) in [6.07, 6.45) is 2.99. The molecule has 38 heavy (non-hydrogen) atoms. The van der Waals surface area contributed by atoms with E-state index in [0.29, 0.717) is 67.7 Å². The highest BCUT2D eigenvalue weighted by atomic mass is 32.2. The molecule has 12 heteroatoms. The molecule has 4 aromatic rings. The fourth-order valence-corrected chi connectivity index (χ4v) is 6.05. The van der Waals surface area contributed by atoms with Gasteiger partial charge in [0.25, 0.3) is 5.56 Å². The van der Waals surface area contributed by atoms with Gasteiger partial charge in [0.05, 0.1) is 22.8 Å². The van der Waals surface area contributed by atoms with Crippen molar-refractivity contribution in [3.63, 3.8) is 0 Å². The second-order valence-electron chi connectivity index (χ2n) is 9.06. The highest BCUT2D eigenvalue weighted by molar-refractivity contribution is 7.89. The number of nitrogens with one attached hydrogen (secondary N) is 1. The van der Waals surface area contributed by atoms with Gasteiger partial charge in [-0.1, -0.05) is 19.9 Å². The van der Waals surface area contributed by atoms with E-state index in [1.807, 2.05) is 32.0 Å². The summed E-state index contributed by atoms with van der Waals surface area (Å²) in [6, 6.07) is 10.2. The van der Waals surface area contributed by atoms with Crippen molar-refractivity contribution in [2.75, 3.05) is 32.8 Å². The molecule has 0 atom stereocenters. The Hall–Kier alpha value is -3.61. The van der Waals surface area contributed by atoms with Gasteiger partial charge in [-0.3, -0.25) is 9.36 Å². The van der Waals surface area contributed by atoms with Crippen molar-refractivity contribution < 1.29 is 13.2 Å². The van der Waals surface area contributed by atoms with Gasteiger partial charge in [0.2, 0.25) is 10.0 Å². The van der Waals surface area contributed by atoms with E-state index in [0.717, 1.165) is 12.1 Å². The minimum absolute atomic E-state index is 0.132. The van der Waals surface area contributed by atoms with Crippen LogP contribution in [0.25, 0.3) is 28.2 Å². The van der Waals surface area contributed by atoms with Crippen LogP contribution in [0.3, 0.4) is 0 Å². The number of hydrogen-bond donors (Lipinski definition) is 1. The van der Waals surface area contributed by atoms with Crippen LogP contribution in [0.5, 0.6) is 5.75 Å². The molecule has 0 amide bonds. The Balaban J connectivity index is 1.72. The third kappa shape index (κ3) is 4.59. The Bertz CT molecular complexity index is 1630. The van der Waals surface area contributed by atoms with E-state index in [9.17, 15) is 13.2 Å². The molecular weight excluding hydrogens is 506 g/mol. The van der Waals surface area contributed by atoms with E-state index in [2.05, 4.69) is 15.4 Å². The predicted octanol–water partition coefficient (Wildman–Crippen LogP) is 2.13. The summed E-state index contributed by atoms with van der Waals surface area (Å²) in [5.41, 5.74) is 1.50. The summed E-state index contributed by atoms with van der Waals surface area (Å²) < 4.78 is 37.4. The van der Waals surface area contributed by atoms with Crippen LogP contribution in [0.1, 0.15) is 26.0 Å². The maximum atomic E-state index is 13.5. The molecule has 3 aromatic heterocycles. The topological polar surface area (TPSA) is 124 Å². The van der Waals surface area contributed by atoms with Crippen molar-refractivity contribution in [1.29, 1.82) is 0 Å². The molecule has 0 unspecified atom stereocenters. The zero-order chi connectivity index (χ0) is 26.9. The second kappa shape index (κ2) is 10.6. The minimum Gasteiger partial charge on any atom is -0.493 e. The molecule has 0 radical (unpaired) electrons. The van der Waals surface area contributed by atoms with Gasteiger partial charge in [0.1, 0.15) is 17.1 Å². The molecule has 0 aliphatic carbocycles. The lowest BCUT2D eigenvalue weighted by atomic mass is 10.1. The summed E-state index contributed by atoms with van der Waals surface area (Å²) in [5.74, 6) is 1.35. The van der Waals surface area contributed by atoms with E-state index in [1.165, 1.54) is 8.87 Å². The number of hydrogen-bond acceptors (Lipinski definition) is 8. The van der Waals surface area contributed by atoms with Crippen LogP contribution in [-0.4, -0.2) is 69.8 Å². The average Bonchev–Trinajstić information content (AvgIpc) is 3.33. The van der Waals surface area contributed by atoms with Gasteiger partial charge in [-0.05, 0) is 43.2 Å². The molecule has 1 aromatic carbocycles. The van der Waals surface area contributed by atoms with Crippen molar-refractivity contribution in [2.45, 2.75) is 31.6 Å². The van der Waals surface area contributed by atoms with Crippen molar-refractivity contribution >= 4 is 21.1 Å². The summed E-state index contributed by atoms with van der Waals surface area (Å²) in [6.45, 7) is 6.35. The first-order valence-corrected chi connectivity index (χ1v) is 14.2. The van der Waals surface area contributed by atoms with Gasteiger partial charge in [-0.15, -0.1) is 0 Å². The SMILES string of the molecule is CCCOc1ccc(S(=O)(=O)N2CCNCC2)cc1-c1nc2c(CC)n(-c3ccccn3)nc2c(=O)n1C. The van der Waals surface area contributed by atoms with Gasteiger partial charge < -0.3 is 10.1 Å². The molecule has 1 fully saturated rings. The third-order valence-electron chi connectivity index (χ3n) is 6.56. The Morgan fingerprint density at radius 1 is 1.08 bits per heavy atom. The van der Waals surface area contributed by atoms with Crippen LogP contribution in [-0.2, 0) is 23.5 Å². The predicted molar refractivity (Wildman–Crippen MR) is 144 cm³/mol. The lowest BCUT2D eigenvalue weighted by Gasteiger charge is -2.27. The van der Waals surface area contributed by atoms with Crippen LogP contribution in [0, 0.1) is 0 Å². The molecule has 0 spiro atoms. The van der Waals surface area contributed by atoms with Crippen molar-refractivity contribution in [1.82, 2.24) is 33.9 Å². The van der Waals surface area contributed by atoms with Crippen molar-refractivity contribution in [3.05, 3.63) is 58.6 Å². The minimum atomic E-state index is -3.74. The zero-order valence-electron chi connectivity index (χ0n) is 21.7. The molecule has 4 heterocycles. The zero-order valence-corrected chi connectivity index (χ0v) is 22.5. The number of rotatable bonds is 8. The van der Waals surface area contributed by atoms with Gasteiger partial charge in [-0.2, -0.15) is 9.40 Å². The normalized spacial score (nSPS) is 14.7. The molecule has 5 rings (SSSR count). The maximum absolute atomic E-state index is 13.5. The lowest BCUT2D eigenvalue weighted by Crippen LogP contribution is -2.46. The van der Waals surface area contributed by atoms with E-state index in [-0.39, 0.29) is 16.0 Å². The fraction of sp³-hybridized carbons (Fsp3) is 0.385. The molecule has 11 nitrogen and oxygen atoms in total. The van der Waals surface area contributed by atoms with E-state index >= 15 is 0 Å². The molecule has 1 aliphatic heterocycles. The van der Waals surface area contributed by atoms with Crippen LogP contribution >= 0.6 is 0 Å². The van der Waals surface area contributed by atoms with Crippen LogP contribution in [0.15, 0.2) is 52.3 Å². The number of nitrogens with zero attached hydrogens (tertiary/aromatic N) is 6. The van der Waals surface area contributed by atoms with Crippen molar-refractivity contribution in [3.8, 4) is 23.0 Å². The molecule has 0 saturated carbocycles. The fourth-order valence-electron chi connectivity index (χ4n) is 4.58. The van der Waals surface area contributed by atoms with Crippen molar-refractivity contribution in [2.24, 2.45) is 7.05 Å². The van der Waals surface area contributed by atoms with Crippen LogP contribution < -0.4 is 15.6 Å². The summed E-state index contributed by atoms with van der Waals surface area (Å²) in [4.78, 5) is 22.9. The first-order chi connectivity index (χ1) is 18.4. The molecule has 1 N–H and O–H groups in total. The average molecular weight is 538 g/mol. The quantitative estimate of drug-likeness (QED) is 0.363. The number of ether oxygens (including phenoxy) is 1. The summed E-state index contributed by atoms with van der Waals surface area (Å²) >= 11 is 0. The van der Waals surface area contributed by atoms with Gasteiger partial charge in [-0.25, -0.2) is 23.1 Å². The first-order valence-electron chi connectivity index (χ1n) is 12.7. The summed E-state index contributed by atoms with van der Waals surface area (Å²) in [7, 11) is -2.13. The Morgan fingerprint density at radius 3 is 2.55 bits per heavy atom. The highest BCUT2D eigenvalue weighted by Gasteiger charge is 2.28. The van der Waals surface area contributed by atoms with Crippen LogP contribution in [0.2, 0.25) is 0 Å². The molecule has 1 saturated heterocycles. The number of sulfonamides is 1. The molecule has 1 aliphatic rings. The number of fused-ring (bicyclic) bond motifs is 1. The highest BCUT2D eigenvalue weighted by Crippen LogP contribution is 2.33. The van der Waals surface area contributed by atoms with E-state index in [1.54, 1.807) is 36.1 Å². The standard InChI is InChI=1S/C26H31N7O4S/c1-4-16-37-21-10-9-18(38(35,36)32-14-12-27-13-15-32)17-19(21)25-29-23-20(5-2)33(22-8-6-7-11-28-22)30-24(23)26(34)31(25)3/h6-11,17,27H,4-5,12-16H2,1-3H3.